The van der Waals surface area contributed by atoms with Crippen molar-refractivity contribution >= 4 is 0 Å². The third-order valence-electron chi connectivity index (χ3n) is 3.12. The molecule has 4 heteroatoms. The van der Waals surface area contributed by atoms with Gasteiger partial charge >= 0.3 is 0 Å². The van der Waals surface area contributed by atoms with Gasteiger partial charge < -0.3 is 10.1 Å². The minimum absolute atomic E-state index is 0.298. The van der Waals surface area contributed by atoms with E-state index in [2.05, 4.69) is 30.5 Å². The molecule has 98 valence electrons. The minimum atomic E-state index is 0.298. The molecular weight excluding hydrogens is 214 g/mol. The maximum atomic E-state index is 5.52. The lowest BCUT2D eigenvalue weighted by Crippen LogP contribution is -2.40. The Morgan fingerprint density at radius 2 is 2.24 bits per heavy atom. The SMILES string of the molecule is CCNC(CCc1cnn(C)c1)C(CC)OC. The molecule has 0 spiro atoms. The third-order valence-corrected chi connectivity index (χ3v) is 3.12. The number of methoxy groups -OCH3 is 1. The van der Waals surface area contributed by atoms with Crippen molar-refractivity contribution in [3.05, 3.63) is 18.0 Å². The van der Waals surface area contributed by atoms with Crippen LogP contribution in [0.4, 0.5) is 0 Å². The molecule has 1 heterocycles. The highest BCUT2D eigenvalue weighted by Crippen LogP contribution is 2.11. The monoisotopic (exact) mass is 239 g/mol. The lowest BCUT2D eigenvalue weighted by Gasteiger charge is -2.25. The summed E-state index contributed by atoms with van der Waals surface area (Å²) in [7, 11) is 3.75. The topological polar surface area (TPSA) is 39.1 Å². The molecule has 4 nitrogen and oxygen atoms in total. The number of rotatable bonds is 8. The maximum Gasteiger partial charge on any atom is 0.0721 e. The van der Waals surface area contributed by atoms with E-state index in [1.807, 2.05) is 17.9 Å². The zero-order valence-electron chi connectivity index (χ0n) is 11.4. The van der Waals surface area contributed by atoms with Crippen LogP contribution in [0.1, 0.15) is 32.3 Å². The molecule has 0 aromatic carbocycles. The molecule has 1 rings (SSSR count). The summed E-state index contributed by atoms with van der Waals surface area (Å²) in [5, 5.41) is 7.70. The van der Waals surface area contributed by atoms with E-state index in [1.54, 1.807) is 7.11 Å². The summed E-state index contributed by atoms with van der Waals surface area (Å²) in [6.07, 6.45) is 7.50. The highest BCUT2D eigenvalue weighted by atomic mass is 16.5. The Hall–Kier alpha value is -0.870. The van der Waals surface area contributed by atoms with Crippen LogP contribution in [0.25, 0.3) is 0 Å². The number of nitrogens with zero attached hydrogens (tertiary/aromatic N) is 2. The molecule has 1 aromatic heterocycles. The first-order valence-electron chi connectivity index (χ1n) is 6.44. The normalized spacial score (nSPS) is 14.8. The molecule has 0 radical (unpaired) electrons. The fourth-order valence-electron chi connectivity index (χ4n) is 2.22. The molecule has 0 amide bonds. The number of ether oxygens (including phenoxy) is 1. The van der Waals surface area contributed by atoms with Crippen molar-refractivity contribution in [2.24, 2.45) is 7.05 Å². The Labute approximate surface area is 104 Å². The van der Waals surface area contributed by atoms with Gasteiger partial charge in [-0.1, -0.05) is 13.8 Å². The summed E-state index contributed by atoms with van der Waals surface area (Å²) in [6.45, 7) is 5.29. The van der Waals surface area contributed by atoms with Crippen molar-refractivity contribution in [2.45, 2.75) is 45.3 Å². The fraction of sp³-hybridized carbons (Fsp3) is 0.769. The van der Waals surface area contributed by atoms with E-state index < -0.39 is 0 Å². The second-order valence-corrected chi connectivity index (χ2v) is 4.41. The van der Waals surface area contributed by atoms with Gasteiger partial charge in [0.15, 0.2) is 0 Å². The van der Waals surface area contributed by atoms with Crippen molar-refractivity contribution in [2.75, 3.05) is 13.7 Å². The summed E-state index contributed by atoms with van der Waals surface area (Å²) in [5.74, 6) is 0. The van der Waals surface area contributed by atoms with Crippen molar-refractivity contribution in [1.29, 1.82) is 0 Å². The second-order valence-electron chi connectivity index (χ2n) is 4.41. The molecular formula is C13H25N3O. The number of nitrogens with one attached hydrogen (secondary N) is 1. The lowest BCUT2D eigenvalue weighted by atomic mass is 10.0. The second kappa shape index (κ2) is 7.45. The predicted octanol–water partition coefficient (Wildman–Crippen LogP) is 1.76. The van der Waals surface area contributed by atoms with E-state index in [0.29, 0.717) is 12.1 Å². The third kappa shape index (κ3) is 4.48. The quantitative estimate of drug-likeness (QED) is 0.751. The average molecular weight is 239 g/mol. The molecule has 0 saturated carbocycles. The summed E-state index contributed by atoms with van der Waals surface area (Å²) >= 11 is 0. The molecule has 0 bridgehead atoms. The molecule has 17 heavy (non-hydrogen) atoms. The number of likely N-dealkylation sites (N-methyl/N-ethyl adjacent to an activating group) is 1. The van der Waals surface area contributed by atoms with Gasteiger partial charge in [0.1, 0.15) is 0 Å². The predicted molar refractivity (Wildman–Crippen MR) is 70.1 cm³/mol. The van der Waals surface area contributed by atoms with Crippen molar-refractivity contribution in [3.63, 3.8) is 0 Å². The largest absolute Gasteiger partial charge is 0.380 e. The summed E-state index contributed by atoms with van der Waals surface area (Å²) in [5.41, 5.74) is 1.29. The molecule has 0 fully saturated rings. The van der Waals surface area contributed by atoms with Crippen LogP contribution in [0.2, 0.25) is 0 Å². The van der Waals surface area contributed by atoms with E-state index in [-0.39, 0.29) is 0 Å². The summed E-state index contributed by atoms with van der Waals surface area (Å²) in [4.78, 5) is 0. The van der Waals surface area contributed by atoms with Crippen LogP contribution in [0.5, 0.6) is 0 Å². The molecule has 1 aromatic rings. The van der Waals surface area contributed by atoms with E-state index in [4.69, 9.17) is 4.74 Å². The van der Waals surface area contributed by atoms with Crippen LogP contribution in [-0.4, -0.2) is 35.6 Å². The van der Waals surface area contributed by atoms with Gasteiger partial charge in [-0.15, -0.1) is 0 Å². The van der Waals surface area contributed by atoms with Gasteiger partial charge in [0, 0.05) is 26.4 Å². The minimum Gasteiger partial charge on any atom is -0.380 e. The van der Waals surface area contributed by atoms with Gasteiger partial charge in [-0.25, -0.2) is 0 Å². The maximum absolute atomic E-state index is 5.52. The van der Waals surface area contributed by atoms with Crippen LogP contribution in [0, 0.1) is 0 Å². The molecule has 0 aliphatic carbocycles. The first-order valence-corrected chi connectivity index (χ1v) is 6.44. The molecule has 2 unspecified atom stereocenters. The molecule has 0 aliphatic heterocycles. The zero-order valence-corrected chi connectivity index (χ0v) is 11.4. The lowest BCUT2D eigenvalue weighted by molar-refractivity contribution is 0.0631. The van der Waals surface area contributed by atoms with Crippen molar-refractivity contribution in [1.82, 2.24) is 15.1 Å². The van der Waals surface area contributed by atoms with Gasteiger partial charge in [-0.3, -0.25) is 4.68 Å². The van der Waals surface area contributed by atoms with Gasteiger partial charge in [0.05, 0.1) is 12.3 Å². The summed E-state index contributed by atoms with van der Waals surface area (Å²) < 4.78 is 7.38. The van der Waals surface area contributed by atoms with Gasteiger partial charge in [0.2, 0.25) is 0 Å². The smallest absolute Gasteiger partial charge is 0.0721 e. The Kier molecular flexibility index (Phi) is 6.22. The molecule has 2 atom stereocenters. The van der Waals surface area contributed by atoms with Gasteiger partial charge in [-0.2, -0.15) is 5.10 Å². The van der Waals surface area contributed by atoms with Crippen molar-refractivity contribution < 1.29 is 4.74 Å². The van der Waals surface area contributed by atoms with E-state index in [0.717, 1.165) is 25.8 Å². The Balaban J connectivity index is 2.48. The van der Waals surface area contributed by atoms with E-state index >= 15 is 0 Å². The number of aromatic nitrogens is 2. The highest BCUT2D eigenvalue weighted by Gasteiger charge is 2.18. The first-order chi connectivity index (χ1) is 8.21. The van der Waals surface area contributed by atoms with Crippen LogP contribution < -0.4 is 5.32 Å². The van der Waals surface area contributed by atoms with E-state index in [9.17, 15) is 0 Å². The average Bonchev–Trinajstić information content (AvgIpc) is 2.73. The van der Waals surface area contributed by atoms with Gasteiger partial charge in [-0.05, 0) is 31.4 Å². The van der Waals surface area contributed by atoms with E-state index in [1.165, 1.54) is 5.56 Å². The first kappa shape index (κ1) is 14.2. The van der Waals surface area contributed by atoms with Crippen LogP contribution in [0.3, 0.4) is 0 Å². The van der Waals surface area contributed by atoms with Crippen LogP contribution >= 0.6 is 0 Å². The van der Waals surface area contributed by atoms with Crippen LogP contribution in [-0.2, 0) is 18.2 Å². The molecule has 0 saturated heterocycles. The Bertz CT molecular complexity index is 307. The van der Waals surface area contributed by atoms with Gasteiger partial charge in [0.25, 0.3) is 0 Å². The number of hydrogen-bond donors (Lipinski definition) is 1. The highest BCUT2D eigenvalue weighted by molar-refractivity contribution is 5.04. The van der Waals surface area contributed by atoms with Crippen molar-refractivity contribution in [3.8, 4) is 0 Å². The Morgan fingerprint density at radius 3 is 2.71 bits per heavy atom. The Morgan fingerprint density at radius 1 is 1.47 bits per heavy atom. The number of hydrogen-bond acceptors (Lipinski definition) is 3. The molecule has 0 aliphatic rings. The summed E-state index contributed by atoms with van der Waals surface area (Å²) in [6, 6.07) is 0.426. The number of aryl methyl sites for hydroxylation is 2. The zero-order chi connectivity index (χ0) is 12.7. The van der Waals surface area contributed by atoms with Crippen LogP contribution in [0.15, 0.2) is 12.4 Å². The standard InChI is InChI=1S/C13H25N3O/c1-5-13(17-4)12(14-6-2)8-7-11-9-15-16(3)10-11/h9-10,12-14H,5-8H2,1-4H3. The fourth-order valence-corrected chi connectivity index (χ4v) is 2.22. The molecule has 1 N–H and O–H groups in total.